The number of piperidine rings is 1. The van der Waals surface area contributed by atoms with E-state index >= 15 is 0 Å². The van der Waals surface area contributed by atoms with E-state index in [2.05, 4.69) is 16.7 Å². The molecule has 2 saturated heterocycles. The molecular formula is C21H24ClF3N4O3S. The summed E-state index contributed by atoms with van der Waals surface area (Å²) in [6.07, 6.45) is -3.03. The number of hydrogen-bond donors (Lipinski definition) is 2. The van der Waals surface area contributed by atoms with Crippen LogP contribution in [0.2, 0.25) is 5.02 Å². The van der Waals surface area contributed by atoms with Crippen LogP contribution in [0.15, 0.2) is 23.1 Å². The highest BCUT2D eigenvalue weighted by Crippen LogP contribution is 2.38. The third-order valence-electron chi connectivity index (χ3n) is 6.72. The zero-order valence-corrected chi connectivity index (χ0v) is 19.2. The fourth-order valence-electron chi connectivity index (χ4n) is 4.41. The van der Waals surface area contributed by atoms with E-state index in [1.54, 1.807) is 11.0 Å². The molecule has 1 amide bonds. The molecule has 1 saturated carbocycles. The van der Waals surface area contributed by atoms with Crippen molar-refractivity contribution >= 4 is 33.0 Å². The van der Waals surface area contributed by atoms with E-state index in [9.17, 15) is 26.4 Å². The van der Waals surface area contributed by atoms with Crippen molar-refractivity contribution in [2.45, 2.75) is 60.0 Å². The topological polar surface area (TPSA) is 102 Å². The second kappa shape index (κ2) is 8.64. The highest BCUT2D eigenvalue weighted by molar-refractivity contribution is 7.92. The maximum absolute atomic E-state index is 13.2. The second-order valence-electron chi connectivity index (χ2n) is 8.96. The minimum absolute atomic E-state index is 0.000222. The van der Waals surface area contributed by atoms with Crippen LogP contribution in [0.1, 0.15) is 32.1 Å². The molecule has 0 bridgehead atoms. The molecule has 1 aromatic rings. The van der Waals surface area contributed by atoms with Gasteiger partial charge in [0, 0.05) is 25.3 Å². The lowest BCUT2D eigenvalue weighted by Crippen LogP contribution is -2.45. The standard InChI is InChI=1S/C21H24ClF3N4O3S/c22-16-9-14(29-7-3-13(4-8-29)21(23,24)25)1-2-18(16)33(31,32)15-10-17(27-11-15)19(30)28-20(12-26)5-6-20/h1-2,9,13,15,17,27H,3-8,10-11H2,(H,28,30)/t15-,17+/m1/s1. The Labute approximate surface area is 195 Å². The van der Waals surface area contributed by atoms with E-state index in [0.717, 1.165) is 0 Å². The zero-order chi connectivity index (χ0) is 24.0. The molecule has 180 valence electrons. The van der Waals surface area contributed by atoms with Crippen LogP contribution < -0.4 is 15.5 Å². The van der Waals surface area contributed by atoms with Gasteiger partial charge in [-0.25, -0.2) is 8.42 Å². The third-order valence-corrected chi connectivity index (χ3v) is 9.35. The average Bonchev–Trinajstić information content (AvgIpc) is 3.34. The van der Waals surface area contributed by atoms with E-state index in [1.165, 1.54) is 12.1 Å². The summed E-state index contributed by atoms with van der Waals surface area (Å²) in [4.78, 5) is 14.1. The van der Waals surface area contributed by atoms with Crippen LogP contribution in [0.4, 0.5) is 18.9 Å². The number of nitrogens with zero attached hydrogens (tertiary/aromatic N) is 2. The van der Waals surface area contributed by atoms with Crippen LogP contribution >= 0.6 is 11.6 Å². The number of hydrogen-bond acceptors (Lipinski definition) is 6. The van der Waals surface area contributed by atoms with Crippen LogP contribution in [-0.2, 0) is 14.6 Å². The Morgan fingerprint density at radius 1 is 1.27 bits per heavy atom. The van der Waals surface area contributed by atoms with Crippen LogP contribution in [0, 0.1) is 17.2 Å². The van der Waals surface area contributed by atoms with Gasteiger partial charge in [-0.2, -0.15) is 18.4 Å². The smallest absolute Gasteiger partial charge is 0.371 e. The summed E-state index contributed by atoms with van der Waals surface area (Å²) in [6.45, 7) is 0.489. The first-order valence-electron chi connectivity index (χ1n) is 10.8. The molecule has 0 unspecified atom stereocenters. The monoisotopic (exact) mass is 504 g/mol. The Kier molecular flexibility index (Phi) is 6.31. The fourth-order valence-corrected chi connectivity index (χ4v) is 6.62. The van der Waals surface area contributed by atoms with E-state index in [1.807, 2.05) is 0 Å². The predicted molar refractivity (Wildman–Crippen MR) is 116 cm³/mol. The first-order valence-corrected chi connectivity index (χ1v) is 12.7. The van der Waals surface area contributed by atoms with Crippen molar-refractivity contribution in [2.24, 2.45) is 5.92 Å². The summed E-state index contributed by atoms with van der Waals surface area (Å²) in [7, 11) is -3.85. The summed E-state index contributed by atoms with van der Waals surface area (Å²) < 4.78 is 65.0. The number of sulfone groups is 1. The molecule has 0 radical (unpaired) electrons. The van der Waals surface area contributed by atoms with Crippen molar-refractivity contribution in [3.05, 3.63) is 23.2 Å². The lowest BCUT2D eigenvalue weighted by atomic mass is 9.96. The number of benzene rings is 1. The van der Waals surface area contributed by atoms with E-state index in [0.29, 0.717) is 18.5 Å². The van der Waals surface area contributed by atoms with Crippen LogP contribution in [-0.4, -0.2) is 57.0 Å². The van der Waals surface area contributed by atoms with Crippen molar-refractivity contribution < 1.29 is 26.4 Å². The van der Waals surface area contributed by atoms with Crippen molar-refractivity contribution in [1.29, 1.82) is 5.26 Å². The number of anilines is 1. The van der Waals surface area contributed by atoms with Gasteiger partial charge in [0.05, 0.1) is 33.2 Å². The molecule has 2 aliphatic heterocycles. The Balaban J connectivity index is 1.41. The molecule has 2 N–H and O–H groups in total. The molecule has 1 aliphatic carbocycles. The molecule has 2 atom stereocenters. The van der Waals surface area contributed by atoms with Gasteiger partial charge < -0.3 is 15.5 Å². The van der Waals surface area contributed by atoms with Crippen molar-refractivity contribution in [3.63, 3.8) is 0 Å². The van der Waals surface area contributed by atoms with Crippen molar-refractivity contribution in [1.82, 2.24) is 10.6 Å². The second-order valence-corrected chi connectivity index (χ2v) is 11.6. The number of nitriles is 1. The van der Waals surface area contributed by atoms with Gasteiger partial charge in [0.15, 0.2) is 9.84 Å². The largest absolute Gasteiger partial charge is 0.391 e. The lowest BCUT2D eigenvalue weighted by molar-refractivity contribution is -0.179. The summed E-state index contributed by atoms with van der Waals surface area (Å²) in [5.74, 6) is -1.72. The van der Waals surface area contributed by atoms with Gasteiger partial charge in [0.1, 0.15) is 5.54 Å². The molecule has 1 aromatic carbocycles. The van der Waals surface area contributed by atoms with Crippen LogP contribution in [0.3, 0.4) is 0 Å². The van der Waals surface area contributed by atoms with Crippen molar-refractivity contribution in [3.8, 4) is 6.07 Å². The Morgan fingerprint density at radius 2 is 1.94 bits per heavy atom. The molecule has 4 rings (SSSR count). The maximum atomic E-state index is 13.2. The maximum Gasteiger partial charge on any atom is 0.391 e. The molecule has 3 aliphatic rings. The Bertz CT molecular complexity index is 1080. The molecule has 3 fully saturated rings. The number of carbonyl (C=O) groups is 1. The van der Waals surface area contributed by atoms with Gasteiger partial charge in [0.25, 0.3) is 0 Å². The number of rotatable bonds is 5. The first-order chi connectivity index (χ1) is 15.4. The summed E-state index contributed by atoms with van der Waals surface area (Å²) >= 11 is 6.30. The first kappa shape index (κ1) is 24.1. The molecule has 33 heavy (non-hydrogen) atoms. The Hall–Kier alpha value is -2.03. The van der Waals surface area contributed by atoms with Gasteiger partial charge >= 0.3 is 6.18 Å². The summed E-state index contributed by atoms with van der Waals surface area (Å²) in [5, 5.41) is 13.9. The van der Waals surface area contributed by atoms with Crippen LogP contribution in [0.25, 0.3) is 0 Å². The minimum atomic E-state index is -4.21. The number of nitrogens with one attached hydrogen (secondary N) is 2. The molecule has 12 heteroatoms. The number of halogens is 4. The summed E-state index contributed by atoms with van der Waals surface area (Å²) in [6, 6.07) is 5.76. The SMILES string of the molecule is N#CC1(NC(=O)[C@@H]2C[C@@H](S(=O)(=O)c3ccc(N4CCC(C(F)(F)F)CC4)cc3Cl)CN2)CC1. The minimum Gasteiger partial charge on any atom is -0.371 e. The van der Waals surface area contributed by atoms with E-state index in [-0.39, 0.29) is 48.8 Å². The summed E-state index contributed by atoms with van der Waals surface area (Å²) in [5.41, 5.74) is -0.253. The third kappa shape index (κ3) is 4.93. The average molecular weight is 505 g/mol. The van der Waals surface area contributed by atoms with Gasteiger partial charge in [-0.15, -0.1) is 0 Å². The highest BCUT2D eigenvalue weighted by atomic mass is 35.5. The predicted octanol–water partition coefficient (Wildman–Crippen LogP) is 2.80. The quantitative estimate of drug-likeness (QED) is 0.639. The van der Waals surface area contributed by atoms with Crippen molar-refractivity contribution in [2.75, 3.05) is 24.5 Å². The molecule has 0 spiro atoms. The molecular weight excluding hydrogens is 481 g/mol. The van der Waals surface area contributed by atoms with Crippen LogP contribution in [0.5, 0.6) is 0 Å². The normalized spacial score (nSPS) is 25.5. The number of amides is 1. The van der Waals surface area contributed by atoms with Gasteiger partial charge in [-0.3, -0.25) is 4.79 Å². The number of alkyl halides is 3. The van der Waals surface area contributed by atoms with E-state index in [4.69, 9.17) is 16.9 Å². The number of carbonyl (C=O) groups excluding carboxylic acids is 1. The van der Waals surface area contributed by atoms with Gasteiger partial charge in [-0.1, -0.05) is 11.6 Å². The Morgan fingerprint density at radius 3 is 2.48 bits per heavy atom. The van der Waals surface area contributed by atoms with Gasteiger partial charge in [-0.05, 0) is 50.3 Å². The molecule has 0 aromatic heterocycles. The van der Waals surface area contributed by atoms with Gasteiger partial charge in [0.2, 0.25) is 5.91 Å². The highest BCUT2D eigenvalue weighted by Gasteiger charge is 2.47. The lowest BCUT2D eigenvalue weighted by Gasteiger charge is -2.34. The van der Waals surface area contributed by atoms with E-state index < -0.39 is 44.7 Å². The fraction of sp³-hybridized carbons (Fsp3) is 0.619. The molecule has 7 nitrogen and oxygen atoms in total. The zero-order valence-electron chi connectivity index (χ0n) is 17.7. The molecule has 2 heterocycles.